The number of methoxy groups -OCH3 is 1. The number of aliphatic hydroxyl groups is 1. The van der Waals surface area contributed by atoms with Gasteiger partial charge >= 0.3 is 0 Å². The van der Waals surface area contributed by atoms with Gasteiger partial charge in [-0.2, -0.15) is 0 Å². The van der Waals surface area contributed by atoms with Crippen molar-refractivity contribution in [2.75, 3.05) is 27.7 Å². The molecule has 2 aromatic rings. The van der Waals surface area contributed by atoms with E-state index in [9.17, 15) is 9.50 Å². The molecular formula is C22H28FNO2. The third-order valence-electron chi connectivity index (χ3n) is 4.72. The van der Waals surface area contributed by atoms with Crippen molar-refractivity contribution in [3.63, 3.8) is 0 Å². The topological polar surface area (TPSA) is 32.7 Å². The third-order valence-corrected chi connectivity index (χ3v) is 4.72. The van der Waals surface area contributed by atoms with E-state index >= 15 is 0 Å². The minimum Gasteiger partial charge on any atom is -0.496 e. The van der Waals surface area contributed by atoms with Crippen LogP contribution < -0.4 is 4.74 Å². The fourth-order valence-electron chi connectivity index (χ4n) is 3.42. The molecule has 3 nitrogen and oxygen atoms in total. The van der Waals surface area contributed by atoms with Crippen LogP contribution in [0.1, 0.15) is 25.0 Å². The summed E-state index contributed by atoms with van der Waals surface area (Å²) in [6, 6.07) is 13.8. The van der Waals surface area contributed by atoms with E-state index in [4.69, 9.17) is 4.74 Å². The van der Waals surface area contributed by atoms with Gasteiger partial charge in [0.25, 0.3) is 0 Å². The molecule has 0 amide bonds. The molecule has 4 heteroatoms. The van der Waals surface area contributed by atoms with Gasteiger partial charge in [-0.25, -0.2) is 4.39 Å². The van der Waals surface area contributed by atoms with E-state index in [0.29, 0.717) is 12.3 Å². The maximum atomic E-state index is 13.2. The molecule has 2 rings (SSSR count). The van der Waals surface area contributed by atoms with E-state index in [-0.39, 0.29) is 11.7 Å². The smallest absolute Gasteiger partial charge is 0.125 e. The Labute approximate surface area is 155 Å². The first-order chi connectivity index (χ1) is 12.3. The highest BCUT2D eigenvalue weighted by molar-refractivity contribution is 5.57. The Hall–Kier alpha value is -2.17. The average Bonchev–Trinajstić information content (AvgIpc) is 2.62. The second kappa shape index (κ2) is 8.47. The minimum atomic E-state index is -1.22. The first-order valence-electron chi connectivity index (χ1n) is 8.74. The minimum absolute atomic E-state index is 0.0921. The van der Waals surface area contributed by atoms with Crippen LogP contribution in [-0.2, 0) is 5.60 Å². The predicted octanol–water partition coefficient (Wildman–Crippen LogP) is 4.32. The molecule has 0 heterocycles. The van der Waals surface area contributed by atoms with Crippen LogP contribution in [0.25, 0.3) is 6.08 Å². The van der Waals surface area contributed by atoms with Gasteiger partial charge < -0.3 is 14.7 Å². The fourth-order valence-corrected chi connectivity index (χ4v) is 3.42. The zero-order valence-electron chi connectivity index (χ0n) is 16.2. The molecule has 2 aromatic carbocycles. The van der Waals surface area contributed by atoms with Crippen molar-refractivity contribution in [2.24, 2.45) is 5.92 Å². The lowest BCUT2D eigenvalue weighted by atomic mass is 9.76. The van der Waals surface area contributed by atoms with Crippen LogP contribution in [0, 0.1) is 11.7 Å². The van der Waals surface area contributed by atoms with Crippen LogP contribution in [0.4, 0.5) is 4.39 Å². The van der Waals surface area contributed by atoms with Crippen molar-refractivity contribution >= 4 is 6.08 Å². The lowest BCUT2D eigenvalue weighted by Crippen LogP contribution is -2.40. The highest BCUT2D eigenvalue weighted by Crippen LogP contribution is 2.42. The lowest BCUT2D eigenvalue weighted by Gasteiger charge is -2.38. The van der Waals surface area contributed by atoms with Crippen molar-refractivity contribution in [3.8, 4) is 5.75 Å². The number of halogens is 1. The number of para-hydroxylation sites is 1. The molecule has 0 spiro atoms. The summed E-state index contributed by atoms with van der Waals surface area (Å²) < 4.78 is 18.7. The van der Waals surface area contributed by atoms with Crippen LogP contribution in [-0.4, -0.2) is 37.8 Å². The van der Waals surface area contributed by atoms with Crippen LogP contribution >= 0.6 is 0 Å². The fraction of sp³-hybridized carbons (Fsp3) is 0.364. The lowest BCUT2D eigenvalue weighted by molar-refractivity contribution is 0.00856. The van der Waals surface area contributed by atoms with Gasteiger partial charge in [-0.1, -0.05) is 43.3 Å². The molecule has 2 atom stereocenters. The standard InChI is InChI=1S/C22H28FNO2/c1-16(14-18-10-12-19(23)13-11-18)22(25,17(2)15-24(3)4)20-8-6-7-9-21(20)26-5/h6-14,17,25H,15H2,1-5H3. The molecule has 0 aromatic heterocycles. The third kappa shape index (κ3) is 4.32. The van der Waals surface area contributed by atoms with Gasteiger partial charge in [-0.15, -0.1) is 0 Å². The first kappa shape index (κ1) is 20.1. The second-order valence-electron chi connectivity index (χ2n) is 7.01. The van der Waals surface area contributed by atoms with Crippen molar-refractivity contribution < 1.29 is 14.2 Å². The van der Waals surface area contributed by atoms with Gasteiger partial charge in [0.05, 0.1) is 7.11 Å². The highest BCUT2D eigenvalue weighted by atomic mass is 19.1. The van der Waals surface area contributed by atoms with Crippen molar-refractivity contribution in [1.29, 1.82) is 0 Å². The van der Waals surface area contributed by atoms with Crippen molar-refractivity contribution in [2.45, 2.75) is 19.4 Å². The van der Waals surface area contributed by atoms with Crippen LogP contribution in [0.15, 0.2) is 54.1 Å². The largest absolute Gasteiger partial charge is 0.496 e. The molecule has 0 radical (unpaired) electrons. The Balaban J connectivity index is 2.57. The van der Waals surface area contributed by atoms with Gasteiger partial charge in [-0.05, 0) is 50.4 Å². The summed E-state index contributed by atoms with van der Waals surface area (Å²) >= 11 is 0. The highest BCUT2D eigenvalue weighted by Gasteiger charge is 2.39. The Kier molecular flexibility index (Phi) is 6.57. The predicted molar refractivity (Wildman–Crippen MR) is 105 cm³/mol. The molecule has 0 saturated carbocycles. The maximum Gasteiger partial charge on any atom is 0.125 e. The Bertz CT molecular complexity index is 755. The van der Waals surface area contributed by atoms with E-state index in [1.807, 2.05) is 58.3 Å². The molecule has 0 fully saturated rings. The van der Waals surface area contributed by atoms with Gasteiger partial charge in [0, 0.05) is 18.0 Å². The van der Waals surface area contributed by atoms with Gasteiger partial charge in [-0.3, -0.25) is 0 Å². The molecule has 0 aliphatic rings. The Morgan fingerprint density at radius 1 is 1.19 bits per heavy atom. The van der Waals surface area contributed by atoms with E-state index < -0.39 is 5.60 Å². The number of rotatable bonds is 7. The summed E-state index contributed by atoms with van der Waals surface area (Å²) in [5, 5.41) is 11.8. The van der Waals surface area contributed by atoms with Gasteiger partial charge in [0.15, 0.2) is 0 Å². The Morgan fingerprint density at radius 2 is 1.81 bits per heavy atom. The summed E-state index contributed by atoms with van der Waals surface area (Å²) in [5.74, 6) is 0.277. The van der Waals surface area contributed by atoms with E-state index in [0.717, 1.165) is 16.7 Å². The number of benzene rings is 2. The van der Waals surface area contributed by atoms with Crippen molar-refractivity contribution in [1.82, 2.24) is 4.90 Å². The second-order valence-corrected chi connectivity index (χ2v) is 7.01. The van der Waals surface area contributed by atoms with Gasteiger partial charge in [0.1, 0.15) is 17.2 Å². The van der Waals surface area contributed by atoms with Crippen molar-refractivity contribution in [3.05, 3.63) is 71.0 Å². The van der Waals surface area contributed by atoms with Crippen LogP contribution in [0.3, 0.4) is 0 Å². The normalized spacial score (nSPS) is 15.6. The van der Waals surface area contributed by atoms with Gasteiger partial charge in [0.2, 0.25) is 0 Å². The molecule has 0 aliphatic carbocycles. The quantitative estimate of drug-likeness (QED) is 0.801. The molecule has 0 aliphatic heterocycles. The number of nitrogens with zero attached hydrogens (tertiary/aromatic N) is 1. The molecule has 140 valence electrons. The molecule has 2 unspecified atom stereocenters. The number of ether oxygens (including phenoxy) is 1. The first-order valence-corrected chi connectivity index (χ1v) is 8.74. The summed E-state index contributed by atoms with van der Waals surface area (Å²) in [6.07, 6.45) is 1.90. The summed E-state index contributed by atoms with van der Waals surface area (Å²) in [6.45, 7) is 4.62. The number of hydrogen-bond acceptors (Lipinski definition) is 3. The van der Waals surface area contributed by atoms with E-state index in [1.54, 1.807) is 19.2 Å². The maximum absolute atomic E-state index is 13.2. The molecule has 0 saturated heterocycles. The summed E-state index contributed by atoms with van der Waals surface area (Å²) in [7, 11) is 5.57. The van der Waals surface area contributed by atoms with Crippen LogP contribution in [0.5, 0.6) is 5.75 Å². The molecule has 26 heavy (non-hydrogen) atoms. The number of hydrogen-bond donors (Lipinski definition) is 1. The zero-order chi connectivity index (χ0) is 19.3. The SMILES string of the molecule is COc1ccccc1C(O)(C(C)=Cc1ccc(F)cc1)C(C)CN(C)C. The summed E-state index contributed by atoms with van der Waals surface area (Å²) in [4.78, 5) is 2.05. The molecule has 1 N–H and O–H groups in total. The van der Waals surface area contributed by atoms with E-state index in [1.165, 1.54) is 12.1 Å². The molecular weight excluding hydrogens is 329 g/mol. The average molecular weight is 357 g/mol. The van der Waals surface area contributed by atoms with Crippen LogP contribution in [0.2, 0.25) is 0 Å². The molecule has 0 bridgehead atoms. The zero-order valence-corrected chi connectivity index (χ0v) is 16.2. The van der Waals surface area contributed by atoms with E-state index in [2.05, 4.69) is 4.90 Å². The monoisotopic (exact) mass is 357 g/mol. The summed E-state index contributed by atoms with van der Waals surface area (Å²) in [5.41, 5.74) is 1.13. The Morgan fingerprint density at radius 3 is 2.38 bits per heavy atom.